The van der Waals surface area contributed by atoms with Crippen molar-refractivity contribution in [1.29, 1.82) is 0 Å². The average molecular weight is 347 g/mol. The number of hydrogen-bond donors (Lipinski definition) is 2. The number of carbonyl (C=O) groups excluding carboxylic acids is 2. The summed E-state index contributed by atoms with van der Waals surface area (Å²) in [6, 6.07) is 7.55. The zero-order chi connectivity index (χ0) is 19.0. The second kappa shape index (κ2) is 9.35. The summed E-state index contributed by atoms with van der Waals surface area (Å²) in [5.41, 5.74) is 1.21. The van der Waals surface area contributed by atoms with Crippen molar-refractivity contribution in [3.63, 3.8) is 0 Å². The lowest BCUT2D eigenvalue weighted by atomic mass is 9.97. The highest BCUT2D eigenvalue weighted by Gasteiger charge is 2.21. The first kappa shape index (κ1) is 20.9. The van der Waals surface area contributed by atoms with Crippen LogP contribution in [-0.4, -0.2) is 28.3 Å². The monoisotopic (exact) mass is 347 g/mol. The van der Waals surface area contributed by atoms with E-state index < -0.39 is 11.5 Å². The Hall–Kier alpha value is -2.17. The molecule has 1 aromatic rings. The van der Waals surface area contributed by atoms with E-state index in [0.29, 0.717) is 17.9 Å². The molecule has 0 aliphatic carbocycles. The number of carboxylic acid groups (broad SMARTS) is 1. The van der Waals surface area contributed by atoms with Gasteiger partial charge in [0.25, 0.3) is 0 Å². The van der Waals surface area contributed by atoms with Crippen molar-refractivity contribution in [2.45, 2.75) is 65.3 Å². The van der Waals surface area contributed by atoms with E-state index in [1.54, 1.807) is 13.8 Å². The third kappa shape index (κ3) is 8.47. The summed E-state index contributed by atoms with van der Waals surface area (Å²) in [5, 5.41) is 11.5. The number of Topliss-reactive ketones (excluding diaryl/α,β-unsaturated/α-hetero) is 1. The van der Waals surface area contributed by atoms with Crippen molar-refractivity contribution in [2.24, 2.45) is 5.92 Å². The number of amides is 1. The van der Waals surface area contributed by atoms with Crippen molar-refractivity contribution in [2.75, 3.05) is 0 Å². The smallest absolute Gasteiger partial charge is 0.303 e. The Balaban J connectivity index is 2.47. The Kier molecular flexibility index (Phi) is 7.81. The van der Waals surface area contributed by atoms with Crippen molar-refractivity contribution < 1.29 is 19.5 Å². The predicted molar refractivity (Wildman–Crippen MR) is 97.6 cm³/mol. The van der Waals surface area contributed by atoms with Crippen LogP contribution in [0.5, 0.6) is 0 Å². The Morgan fingerprint density at radius 1 is 1.04 bits per heavy atom. The van der Waals surface area contributed by atoms with Crippen LogP contribution in [0.1, 0.15) is 69.3 Å². The van der Waals surface area contributed by atoms with Crippen molar-refractivity contribution in [1.82, 2.24) is 5.32 Å². The first-order valence-electron chi connectivity index (χ1n) is 8.74. The lowest BCUT2D eigenvalue weighted by Crippen LogP contribution is -2.43. The SMILES string of the molecule is CC(C)Cc1ccc(C(=O)CCC(=O)NC(C)(C)CCC(=O)O)cc1. The van der Waals surface area contributed by atoms with E-state index >= 15 is 0 Å². The van der Waals surface area contributed by atoms with Gasteiger partial charge in [0, 0.05) is 30.4 Å². The van der Waals surface area contributed by atoms with E-state index in [-0.39, 0.29) is 31.0 Å². The van der Waals surface area contributed by atoms with E-state index in [2.05, 4.69) is 19.2 Å². The van der Waals surface area contributed by atoms with Crippen LogP contribution in [0.15, 0.2) is 24.3 Å². The Morgan fingerprint density at radius 3 is 2.16 bits per heavy atom. The van der Waals surface area contributed by atoms with Crippen LogP contribution < -0.4 is 5.32 Å². The normalized spacial score (nSPS) is 11.4. The number of nitrogens with one attached hydrogen (secondary N) is 1. The summed E-state index contributed by atoms with van der Waals surface area (Å²) < 4.78 is 0. The van der Waals surface area contributed by atoms with Gasteiger partial charge in [-0.25, -0.2) is 0 Å². The fourth-order valence-corrected chi connectivity index (χ4v) is 2.59. The number of hydrogen-bond acceptors (Lipinski definition) is 3. The van der Waals surface area contributed by atoms with Crippen LogP contribution in [0, 0.1) is 5.92 Å². The minimum Gasteiger partial charge on any atom is -0.481 e. The van der Waals surface area contributed by atoms with Gasteiger partial charge < -0.3 is 10.4 Å². The van der Waals surface area contributed by atoms with Crippen LogP contribution in [0.4, 0.5) is 0 Å². The molecule has 0 aliphatic heterocycles. The minimum absolute atomic E-state index is 0.00502. The van der Waals surface area contributed by atoms with Gasteiger partial charge in [0.05, 0.1) is 0 Å². The van der Waals surface area contributed by atoms with Gasteiger partial charge in [-0.15, -0.1) is 0 Å². The Labute approximate surface area is 149 Å². The molecular weight excluding hydrogens is 318 g/mol. The van der Waals surface area contributed by atoms with E-state index in [4.69, 9.17) is 5.11 Å². The van der Waals surface area contributed by atoms with Crippen LogP contribution >= 0.6 is 0 Å². The van der Waals surface area contributed by atoms with Crippen molar-refractivity contribution >= 4 is 17.7 Å². The molecule has 25 heavy (non-hydrogen) atoms. The van der Waals surface area contributed by atoms with E-state index in [9.17, 15) is 14.4 Å². The number of aliphatic carboxylic acids is 1. The fraction of sp³-hybridized carbons (Fsp3) is 0.550. The van der Waals surface area contributed by atoms with Gasteiger partial charge >= 0.3 is 5.97 Å². The number of ketones is 1. The zero-order valence-electron chi connectivity index (χ0n) is 15.6. The Morgan fingerprint density at radius 2 is 1.64 bits per heavy atom. The predicted octanol–water partition coefficient (Wildman–Crippen LogP) is 3.61. The average Bonchev–Trinajstić information content (AvgIpc) is 2.50. The zero-order valence-corrected chi connectivity index (χ0v) is 15.6. The number of benzene rings is 1. The van der Waals surface area contributed by atoms with Crippen LogP contribution in [0.3, 0.4) is 0 Å². The molecule has 5 heteroatoms. The maximum Gasteiger partial charge on any atom is 0.303 e. The van der Waals surface area contributed by atoms with E-state index in [1.165, 1.54) is 5.56 Å². The number of carboxylic acids is 1. The van der Waals surface area contributed by atoms with Crippen LogP contribution in [0.25, 0.3) is 0 Å². The standard InChI is InChI=1S/C20H29NO4/c1-14(2)13-15-5-7-16(8-6-15)17(22)9-10-18(23)21-20(3,4)12-11-19(24)25/h5-8,14H,9-13H2,1-4H3,(H,21,23)(H,24,25). The molecule has 0 aliphatic rings. The second-order valence-electron chi connectivity index (χ2n) is 7.54. The molecule has 0 spiro atoms. The highest BCUT2D eigenvalue weighted by atomic mass is 16.4. The molecule has 0 heterocycles. The fourth-order valence-electron chi connectivity index (χ4n) is 2.59. The summed E-state index contributed by atoms with van der Waals surface area (Å²) in [5.74, 6) is -0.622. The van der Waals surface area contributed by atoms with Gasteiger partial charge in [-0.1, -0.05) is 38.1 Å². The van der Waals surface area contributed by atoms with Gasteiger partial charge in [-0.2, -0.15) is 0 Å². The van der Waals surface area contributed by atoms with Crippen LogP contribution in [-0.2, 0) is 16.0 Å². The molecule has 0 saturated carbocycles. The van der Waals surface area contributed by atoms with Crippen molar-refractivity contribution in [3.05, 3.63) is 35.4 Å². The van der Waals surface area contributed by atoms with Gasteiger partial charge in [0.1, 0.15) is 0 Å². The molecule has 0 fully saturated rings. The summed E-state index contributed by atoms with van der Waals surface area (Å²) in [4.78, 5) is 34.8. The molecule has 0 atom stereocenters. The van der Waals surface area contributed by atoms with Crippen LogP contribution in [0.2, 0.25) is 0 Å². The van der Waals surface area contributed by atoms with Crippen molar-refractivity contribution in [3.8, 4) is 0 Å². The number of carbonyl (C=O) groups is 3. The molecule has 5 nitrogen and oxygen atoms in total. The molecule has 1 aromatic carbocycles. The third-order valence-corrected chi connectivity index (χ3v) is 3.94. The summed E-state index contributed by atoms with van der Waals surface area (Å²) in [6.07, 6.45) is 1.56. The van der Waals surface area contributed by atoms with Gasteiger partial charge in [-0.3, -0.25) is 14.4 Å². The molecular formula is C20H29NO4. The van der Waals surface area contributed by atoms with E-state index in [0.717, 1.165) is 6.42 Å². The molecule has 138 valence electrons. The lowest BCUT2D eigenvalue weighted by molar-refractivity contribution is -0.137. The van der Waals surface area contributed by atoms with Gasteiger partial charge in [-0.05, 0) is 38.2 Å². The molecule has 1 amide bonds. The topological polar surface area (TPSA) is 83.5 Å². The molecule has 0 radical (unpaired) electrons. The highest BCUT2D eigenvalue weighted by Crippen LogP contribution is 2.14. The summed E-state index contributed by atoms with van der Waals surface area (Å²) in [7, 11) is 0. The van der Waals surface area contributed by atoms with E-state index in [1.807, 2.05) is 24.3 Å². The number of rotatable bonds is 10. The molecule has 0 unspecified atom stereocenters. The molecule has 0 bridgehead atoms. The summed E-state index contributed by atoms with van der Waals surface area (Å²) >= 11 is 0. The van der Waals surface area contributed by atoms with Gasteiger partial charge in [0.15, 0.2) is 5.78 Å². The quantitative estimate of drug-likeness (QED) is 0.633. The molecule has 0 aromatic heterocycles. The minimum atomic E-state index is -0.890. The maximum atomic E-state index is 12.2. The largest absolute Gasteiger partial charge is 0.481 e. The molecule has 1 rings (SSSR count). The third-order valence-electron chi connectivity index (χ3n) is 3.94. The lowest BCUT2D eigenvalue weighted by Gasteiger charge is -2.25. The molecule has 2 N–H and O–H groups in total. The second-order valence-corrected chi connectivity index (χ2v) is 7.54. The first-order chi connectivity index (χ1) is 11.6. The van der Waals surface area contributed by atoms with Gasteiger partial charge in [0.2, 0.25) is 5.91 Å². The maximum absolute atomic E-state index is 12.2. The molecule has 0 saturated heterocycles. The summed E-state index contributed by atoms with van der Waals surface area (Å²) in [6.45, 7) is 7.86. The Bertz CT molecular complexity index is 603. The first-order valence-corrected chi connectivity index (χ1v) is 8.74. The highest BCUT2D eigenvalue weighted by molar-refractivity contribution is 5.98.